The molecule has 1 N–H and O–H groups in total. The van der Waals surface area contributed by atoms with Crippen LogP contribution in [-0.4, -0.2) is 27.0 Å². The second-order valence-corrected chi connectivity index (χ2v) is 5.86. The van der Waals surface area contributed by atoms with Crippen LogP contribution in [0.3, 0.4) is 0 Å². The molecule has 114 valence electrons. The Balaban J connectivity index is 2.05. The number of imidazole rings is 1. The number of hydrogen-bond acceptors (Lipinski definition) is 5. The van der Waals surface area contributed by atoms with Gasteiger partial charge in [-0.15, -0.1) is 12.6 Å². The van der Waals surface area contributed by atoms with Crippen LogP contribution >= 0.6 is 12.6 Å². The van der Waals surface area contributed by atoms with Crippen molar-refractivity contribution in [3.05, 3.63) is 42.4 Å². The van der Waals surface area contributed by atoms with Crippen molar-refractivity contribution >= 4 is 34.6 Å². The standard InChI is InChI=1S/C17H14N4OS/c1-9-3-4-11-10(5-9)6-13(23)14(15(11)22-2)17-20-12-7-18-8-19-16(12)21-17/h3-8,23H,1-2H3,(H,18,19,20,21). The maximum atomic E-state index is 5.68. The Labute approximate surface area is 138 Å². The summed E-state index contributed by atoms with van der Waals surface area (Å²) in [6, 6.07) is 8.27. The molecule has 2 aromatic heterocycles. The molecule has 0 aliphatic heterocycles. The topological polar surface area (TPSA) is 63.7 Å². The van der Waals surface area contributed by atoms with Crippen LogP contribution in [0.25, 0.3) is 33.3 Å². The number of benzene rings is 2. The molecule has 2 aromatic carbocycles. The molecule has 0 radical (unpaired) electrons. The van der Waals surface area contributed by atoms with Crippen molar-refractivity contribution in [3.8, 4) is 17.1 Å². The highest BCUT2D eigenvalue weighted by Gasteiger charge is 2.18. The molecule has 4 rings (SSSR count). The number of aromatic nitrogens is 4. The number of hydrogen-bond donors (Lipinski definition) is 2. The van der Waals surface area contributed by atoms with Gasteiger partial charge in [-0.1, -0.05) is 23.8 Å². The van der Waals surface area contributed by atoms with E-state index in [1.165, 1.54) is 11.9 Å². The van der Waals surface area contributed by atoms with E-state index in [0.717, 1.165) is 32.5 Å². The summed E-state index contributed by atoms with van der Waals surface area (Å²) in [4.78, 5) is 16.8. The lowest BCUT2D eigenvalue weighted by molar-refractivity contribution is 0.420. The molecule has 0 unspecified atom stereocenters. The minimum atomic E-state index is 0.619. The molecule has 0 fully saturated rings. The van der Waals surface area contributed by atoms with E-state index in [2.05, 4.69) is 57.7 Å². The second-order valence-electron chi connectivity index (χ2n) is 5.37. The summed E-state index contributed by atoms with van der Waals surface area (Å²) in [5.74, 6) is 1.42. The summed E-state index contributed by atoms with van der Waals surface area (Å²) in [7, 11) is 1.66. The van der Waals surface area contributed by atoms with E-state index in [1.54, 1.807) is 13.3 Å². The van der Waals surface area contributed by atoms with E-state index in [-0.39, 0.29) is 0 Å². The van der Waals surface area contributed by atoms with Gasteiger partial charge in [0.15, 0.2) is 5.65 Å². The highest BCUT2D eigenvalue weighted by Crippen LogP contribution is 2.40. The fraction of sp³-hybridized carbons (Fsp3) is 0.118. The maximum Gasteiger partial charge on any atom is 0.181 e. The van der Waals surface area contributed by atoms with Crippen molar-refractivity contribution in [2.45, 2.75) is 11.8 Å². The molecule has 4 aromatic rings. The fourth-order valence-corrected chi connectivity index (χ4v) is 3.15. The number of H-pyrrole nitrogens is 1. The molecule has 2 heterocycles. The fourth-order valence-electron chi connectivity index (χ4n) is 2.80. The van der Waals surface area contributed by atoms with Gasteiger partial charge in [0.2, 0.25) is 0 Å². The van der Waals surface area contributed by atoms with E-state index in [4.69, 9.17) is 4.74 Å². The van der Waals surface area contributed by atoms with Gasteiger partial charge in [0.05, 0.1) is 18.9 Å². The van der Waals surface area contributed by atoms with Crippen LogP contribution in [0.1, 0.15) is 5.56 Å². The van der Waals surface area contributed by atoms with E-state index in [9.17, 15) is 0 Å². The van der Waals surface area contributed by atoms with Crippen molar-refractivity contribution in [1.82, 2.24) is 19.9 Å². The number of rotatable bonds is 2. The Morgan fingerprint density at radius 1 is 1.22 bits per heavy atom. The van der Waals surface area contributed by atoms with Gasteiger partial charge in [0, 0.05) is 10.3 Å². The normalized spacial score (nSPS) is 11.3. The highest BCUT2D eigenvalue weighted by atomic mass is 32.1. The van der Waals surface area contributed by atoms with Crippen LogP contribution in [0, 0.1) is 6.92 Å². The molecular weight excluding hydrogens is 308 g/mol. The predicted octanol–water partition coefficient (Wildman–Crippen LogP) is 3.78. The lowest BCUT2D eigenvalue weighted by atomic mass is 10.0. The first-order chi connectivity index (χ1) is 11.2. The Kier molecular flexibility index (Phi) is 3.20. The summed E-state index contributed by atoms with van der Waals surface area (Å²) < 4.78 is 5.68. The van der Waals surface area contributed by atoms with Crippen molar-refractivity contribution in [2.75, 3.05) is 7.11 Å². The quantitative estimate of drug-likeness (QED) is 0.551. The number of methoxy groups -OCH3 is 1. The summed E-state index contributed by atoms with van der Waals surface area (Å²) in [5, 5.41) is 2.11. The predicted molar refractivity (Wildman–Crippen MR) is 93.2 cm³/mol. The minimum absolute atomic E-state index is 0.619. The monoisotopic (exact) mass is 322 g/mol. The molecule has 0 bridgehead atoms. The Morgan fingerprint density at radius 3 is 2.87 bits per heavy atom. The zero-order chi connectivity index (χ0) is 16.0. The van der Waals surface area contributed by atoms with Crippen LogP contribution < -0.4 is 4.74 Å². The summed E-state index contributed by atoms with van der Waals surface area (Å²) in [5.41, 5.74) is 3.42. The lowest BCUT2D eigenvalue weighted by Crippen LogP contribution is -1.93. The molecule has 0 spiro atoms. The van der Waals surface area contributed by atoms with Gasteiger partial charge in [0.25, 0.3) is 0 Å². The molecule has 0 saturated heterocycles. The van der Waals surface area contributed by atoms with Gasteiger partial charge < -0.3 is 9.72 Å². The third-order valence-corrected chi connectivity index (χ3v) is 4.18. The van der Waals surface area contributed by atoms with Gasteiger partial charge in [-0.25, -0.2) is 15.0 Å². The van der Waals surface area contributed by atoms with Crippen LogP contribution in [0.5, 0.6) is 5.75 Å². The Morgan fingerprint density at radius 2 is 2.09 bits per heavy atom. The summed E-state index contributed by atoms with van der Waals surface area (Å²) in [6.45, 7) is 2.07. The molecule has 0 atom stereocenters. The minimum Gasteiger partial charge on any atom is -0.495 e. The molecule has 5 nitrogen and oxygen atoms in total. The molecule has 0 aliphatic rings. The highest BCUT2D eigenvalue weighted by molar-refractivity contribution is 7.80. The molecule has 0 aliphatic carbocycles. The molecule has 23 heavy (non-hydrogen) atoms. The smallest absolute Gasteiger partial charge is 0.181 e. The van der Waals surface area contributed by atoms with Crippen LogP contribution in [0.2, 0.25) is 0 Å². The van der Waals surface area contributed by atoms with E-state index in [1.807, 2.05) is 6.07 Å². The first kappa shape index (κ1) is 14.0. The van der Waals surface area contributed by atoms with Crippen LogP contribution in [0.4, 0.5) is 0 Å². The number of fused-ring (bicyclic) bond motifs is 2. The second kappa shape index (κ2) is 5.24. The van der Waals surface area contributed by atoms with Gasteiger partial charge in [-0.2, -0.15) is 0 Å². The Hall–Kier alpha value is -2.60. The molecular formula is C17H14N4OS. The van der Waals surface area contributed by atoms with E-state index < -0.39 is 0 Å². The first-order valence-electron chi connectivity index (χ1n) is 7.14. The molecule has 0 amide bonds. The lowest BCUT2D eigenvalue weighted by Gasteiger charge is -2.13. The third kappa shape index (κ3) is 2.22. The number of nitrogens with zero attached hydrogens (tertiary/aromatic N) is 3. The Bertz CT molecular complexity index is 1010. The van der Waals surface area contributed by atoms with E-state index >= 15 is 0 Å². The third-order valence-electron chi connectivity index (χ3n) is 3.83. The number of aryl methyl sites for hydroxylation is 1. The number of aromatic amines is 1. The van der Waals surface area contributed by atoms with Gasteiger partial charge in [-0.3, -0.25) is 0 Å². The summed E-state index contributed by atoms with van der Waals surface area (Å²) >= 11 is 4.65. The maximum absolute atomic E-state index is 5.68. The summed E-state index contributed by atoms with van der Waals surface area (Å²) in [6.07, 6.45) is 3.18. The number of ether oxygens (including phenoxy) is 1. The van der Waals surface area contributed by atoms with Gasteiger partial charge in [-0.05, 0) is 18.4 Å². The van der Waals surface area contributed by atoms with Gasteiger partial charge in [0.1, 0.15) is 23.4 Å². The van der Waals surface area contributed by atoms with Crippen molar-refractivity contribution in [2.24, 2.45) is 0 Å². The number of thiol groups is 1. The zero-order valence-corrected chi connectivity index (χ0v) is 13.6. The SMILES string of the molecule is COc1c(-c2nc3ncncc3[nH]2)c(S)cc2cc(C)ccc12. The molecule has 6 heteroatoms. The van der Waals surface area contributed by atoms with E-state index in [0.29, 0.717) is 11.5 Å². The van der Waals surface area contributed by atoms with Gasteiger partial charge >= 0.3 is 0 Å². The van der Waals surface area contributed by atoms with Crippen LogP contribution in [0.15, 0.2) is 41.7 Å². The van der Waals surface area contributed by atoms with Crippen molar-refractivity contribution < 1.29 is 4.74 Å². The first-order valence-corrected chi connectivity index (χ1v) is 7.58. The average Bonchev–Trinajstić information content (AvgIpc) is 2.96. The number of nitrogens with one attached hydrogen (secondary N) is 1. The van der Waals surface area contributed by atoms with Crippen molar-refractivity contribution in [1.29, 1.82) is 0 Å². The molecule has 0 saturated carbocycles. The zero-order valence-electron chi connectivity index (χ0n) is 12.7. The average molecular weight is 322 g/mol. The van der Waals surface area contributed by atoms with Crippen molar-refractivity contribution in [3.63, 3.8) is 0 Å². The largest absolute Gasteiger partial charge is 0.495 e. The van der Waals surface area contributed by atoms with Crippen LogP contribution in [-0.2, 0) is 0 Å².